The predicted molar refractivity (Wildman–Crippen MR) is 83.0 cm³/mol. The van der Waals surface area contributed by atoms with Crippen LogP contribution in [0.3, 0.4) is 0 Å². The summed E-state index contributed by atoms with van der Waals surface area (Å²) in [5, 5.41) is 0. The lowest BCUT2D eigenvalue weighted by Crippen LogP contribution is -2.45. The monoisotopic (exact) mass is 303 g/mol. The zero-order valence-electron chi connectivity index (χ0n) is 13.5. The maximum Gasteiger partial charge on any atom is 0.313 e. The zero-order chi connectivity index (χ0) is 16.5. The average Bonchev–Trinajstić information content (AvgIpc) is 2.85. The first-order valence-electron chi connectivity index (χ1n) is 7.18. The first kappa shape index (κ1) is 16.2. The normalized spacial score (nSPS) is 21.1. The number of fused-ring (bicyclic) bond motifs is 1. The molecule has 0 aromatic heterocycles. The second-order valence-corrected chi connectivity index (χ2v) is 6.45. The van der Waals surface area contributed by atoms with Gasteiger partial charge in [-0.15, -0.1) is 0 Å². The van der Waals surface area contributed by atoms with Gasteiger partial charge in [-0.05, 0) is 33.8 Å². The van der Waals surface area contributed by atoms with E-state index in [4.69, 9.17) is 9.47 Å². The summed E-state index contributed by atoms with van der Waals surface area (Å²) in [6.07, 6.45) is 1.53. The number of rotatable bonds is 3. The second kappa shape index (κ2) is 5.55. The molecule has 2 unspecified atom stereocenters. The number of nitrogens with zero attached hydrogens (tertiary/aromatic N) is 1. The molecule has 0 saturated heterocycles. The fourth-order valence-electron chi connectivity index (χ4n) is 2.32. The Bertz CT molecular complexity index is 630. The summed E-state index contributed by atoms with van der Waals surface area (Å²) in [6.45, 7) is 6.98. The number of aliphatic imine (C=N–C) groups is 1. The van der Waals surface area contributed by atoms with Gasteiger partial charge in [-0.1, -0.05) is 18.2 Å². The van der Waals surface area contributed by atoms with E-state index < -0.39 is 28.9 Å². The van der Waals surface area contributed by atoms with Gasteiger partial charge >= 0.3 is 11.9 Å². The molecule has 0 fully saturated rings. The molecular weight excluding hydrogens is 282 g/mol. The van der Waals surface area contributed by atoms with Crippen LogP contribution in [0.4, 0.5) is 5.69 Å². The Labute approximate surface area is 130 Å². The van der Waals surface area contributed by atoms with Crippen molar-refractivity contribution in [3.63, 3.8) is 0 Å². The van der Waals surface area contributed by atoms with Gasteiger partial charge in [-0.2, -0.15) is 0 Å². The number of methoxy groups -OCH3 is 1. The van der Waals surface area contributed by atoms with Crippen molar-refractivity contribution in [2.45, 2.75) is 33.3 Å². The molecule has 1 aromatic carbocycles. The topological polar surface area (TPSA) is 65.0 Å². The summed E-state index contributed by atoms with van der Waals surface area (Å²) in [6, 6.07) is 7.32. The van der Waals surface area contributed by atoms with Gasteiger partial charge in [0.05, 0.1) is 24.4 Å². The quantitative estimate of drug-likeness (QED) is 0.805. The van der Waals surface area contributed by atoms with E-state index >= 15 is 0 Å². The van der Waals surface area contributed by atoms with Crippen molar-refractivity contribution in [2.24, 2.45) is 16.3 Å². The molecule has 1 aliphatic heterocycles. The highest BCUT2D eigenvalue weighted by Crippen LogP contribution is 2.44. The molecule has 22 heavy (non-hydrogen) atoms. The SMILES string of the molecule is COC(=O)C(C)C1(OC(=O)C(C)(C)C)C=Nc2ccccc21. The molecule has 2 atom stereocenters. The second-order valence-electron chi connectivity index (χ2n) is 6.45. The Balaban J connectivity index is 2.51. The minimum atomic E-state index is -1.23. The molecule has 0 amide bonds. The van der Waals surface area contributed by atoms with Gasteiger partial charge in [0.2, 0.25) is 0 Å². The molecule has 1 aromatic rings. The van der Waals surface area contributed by atoms with Crippen molar-refractivity contribution in [1.82, 2.24) is 0 Å². The Morgan fingerprint density at radius 3 is 2.45 bits per heavy atom. The number of hydrogen-bond acceptors (Lipinski definition) is 5. The van der Waals surface area contributed by atoms with Crippen LogP contribution in [0.15, 0.2) is 29.3 Å². The van der Waals surface area contributed by atoms with Crippen molar-refractivity contribution in [3.8, 4) is 0 Å². The molecule has 5 heteroatoms. The number of carbonyl (C=O) groups excluding carboxylic acids is 2. The largest absolute Gasteiger partial charge is 0.469 e. The highest BCUT2D eigenvalue weighted by molar-refractivity contribution is 5.92. The molecule has 5 nitrogen and oxygen atoms in total. The van der Waals surface area contributed by atoms with Gasteiger partial charge in [0.25, 0.3) is 0 Å². The average molecular weight is 303 g/mol. The van der Waals surface area contributed by atoms with Crippen LogP contribution in [0.5, 0.6) is 0 Å². The molecule has 2 rings (SSSR count). The van der Waals surface area contributed by atoms with Crippen molar-refractivity contribution in [2.75, 3.05) is 7.11 Å². The van der Waals surface area contributed by atoms with E-state index in [0.717, 1.165) is 0 Å². The van der Waals surface area contributed by atoms with Crippen LogP contribution in [-0.2, 0) is 24.7 Å². The fraction of sp³-hybridized carbons (Fsp3) is 0.471. The molecular formula is C17H21NO4. The maximum absolute atomic E-state index is 12.4. The zero-order valence-corrected chi connectivity index (χ0v) is 13.5. The van der Waals surface area contributed by atoms with Crippen LogP contribution in [0.25, 0.3) is 0 Å². The van der Waals surface area contributed by atoms with E-state index in [-0.39, 0.29) is 0 Å². The standard InChI is InChI=1S/C17H21NO4/c1-11(14(19)21-5)17(22-15(20)16(2,3)4)10-18-13-9-7-6-8-12(13)17/h6-11H,1-5H3. The van der Waals surface area contributed by atoms with E-state index in [9.17, 15) is 9.59 Å². The Morgan fingerprint density at radius 2 is 1.86 bits per heavy atom. The Morgan fingerprint density at radius 1 is 1.23 bits per heavy atom. The number of ether oxygens (including phenoxy) is 2. The summed E-state index contributed by atoms with van der Waals surface area (Å²) in [7, 11) is 1.32. The maximum atomic E-state index is 12.4. The molecule has 0 bridgehead atoms. The number of para-hydroxylation sites is 1. The van der Waals surface area contributed by atoms with Crippen LogP contribution in [0, 0.1) is 11.3 Å². The van der Waals surface area contributed by atoms with E-state index in [1.54, 1.807) is 27.7 Å². The summed E-state index contributed by atoms with van der Waals surface area (Å²) in [5.41, 5.74) is -0.520. The summed E-state index contributed by atoms with van der Waals surface area (Å²) >= 11 is 0. The number of benzene rings is 1. The van der Waals surface area contributed by atoms with Crippen LogP contribution >= 0.6 is 0 Å². The summed E-state index contributed by atoms with van der Waals surface area (Å²) in [4.78, 5) is 28.8. The van der Waals surface area contributed by atoms with Gasteiger partial charge in [-0.25, -0.2) is 0 Å². The molecule has 0 aliphatic carbocycles. The number of hydrogen-bond donors (Lipinski definition) is 0. The summed E-state index contributed by atoms with van der Waals surface area (Å²) in [5.74, 6) is -1.55. The van der Waals surface area contributed by atoms with Crippen molar-refractivity contribution < 1.29 is 19.1 Å². The highest BCUT2D eigenvalue weighted by atomic mass is 16.6. The minimum Gasteiger partial charge on any atom is -0.469 e. The highest BCUT2D eigenvalue weighted by Gasteiger charge is 2.50. The third-order valence-corrected chi connectivity index (χ3v) is 3.79. The first-order chi connectivity index (χ1) is 10.2. The van der Waals surface area contributed by atoms with E-state index in [0.29, 0.717) is 11.3 Å². The lowest BCUT2D eigenvalue weighted by Gasteiger charge is -2.34. The fourth-order valence-corrected chi connectivity index (χ4v) is 2.32. The number of carbonyl (C=O) groups is 2. The third-order valence-electron chi connectivity index (χ3n) is 3.79. The summed E-state index contributed by atoms with van der Waals surface area (Å²) < 4.78 is 10.6. The van der Waals surface area contributed by atoms with Crippen molar-refractivity contribution in [1.29, 1.82) is 0 Å². The molecule has 1 heterocycles. The van der Waals surface area contributed by atoms with Crippen LogP contribution in [-0.4, -0.2) is 25.3 Å². The lowest BCUT2D eigenvalue weighted by molar-refractivity contribution is -0.173. The smallest absolute Gasteiger partial charge is 0.313 e. The Kier molecular flexibility index (Phi) is 4.09. The molecule has 0 saturated carbocycles. The molecule has 0 radical (unpaired) electrons. The van der Waals surface area contributed by atoms with Crippen LogP contribution in [0.1, 0.15) is 33.3 Å². The molecule has 1 aliphatic rings. The lowest BCUT2D eigenvalue weighted by atomic mass is 9.83. The third kappa shape index (κ3) is 2.63. The van der Waals surface area contributed by atoms with Gasteiger partial charge in [0.15, 0.2) is 5.60 Å². The van der Waals surface area contributed by atoms with Crippen molar-refractivity contribution >= 4 is 23.8 Å². The van der Waals surface area contributed by atoms with Gasteiger partial charge in [0, 0.05) is 5.56 Å². The van der Waals surface area contributed by atoms with E-state index in [2.05, 4.69) is 4.99 Å². The van der Waals surface area contributed by atoms with Gasteiger partial charge < -0.3 is 9.47 Å². The predicted octanol–water partition coefficient (Wildman–Crippen LogP) is 3.00. The molecule has 0 spiro atoms. The molecule has 0 N–H and O–H groups in total. The first-order valence-corrected chi connectivity index (χ1v) is 7.18. The van der Waals surface area contributed by atoms with Gasteiger partial charge in [0.1, 0.15) is 5.92 Å². The number of esters is 2. The van der Waals surface area contributed by atoms with Crippen LogP contribution in [0.2, 0.25) is 0 Å². The molecule has 118 valence electrons. The van der Waals surface area contributed by atoms with E-state index in [1.807, 2.05) is 24.3 Å². The Hall–Kier alpha value is -2.17. The van der Waals surface area contributed by atoms with Crippen molar-refractivity contribution in [3.05, 3.63) is 29.8 Å². The van der Waals surface area contributed by atoms with Crippen LogP contribution < -0.4 is 0 Å². The van der Waals surface area contributed by atoms with E-state index in [1.165, 1.54) is 13.3 Å². The van der Waals surface area contributed by atoms with Gasteiger partial charge in [-0.3, -0.25) is 14.6 Å². The minimum absolute atomic E-state index is 0.397.